The first-order valence-electron chi connectivity index (χ1n) is 6.46. The fourth-order valence-corrected chi connectivity index (χ4v) is 1.67. The van der Waals surface area contributed by atoms with Crippen LogP contribution in [0.15, 0.2) is 24.3 Å². The van der Waals surface area contributed by atoms with Crippen LogP contribution in [-0.2, 0) is 0 Å². The minimum absolute atomic E-state index is 0.0754. The molecule has 17 heavy (non-hydrogen) atoms. The monoisotopic (exact) mass is 236 g/mol. The van der Waals surface area contributed by atoms with Crippen molar-refractivity contribution in [1.29, 1.82) is 0 Å². The van der Waals surface area contributed by atoms with Gasteiger partial charge in [0.25, 0.3) is 0 Å². The second kappa shape index (κ2) is 8.09. The summed E-state index contributed by atoms with van der Waals surface area (Å²) in [6, 6.07) is 7.82. The number of hydrogen-bond acceptors (Lipinski definition) is 3. The first-order chi connectivity index (χ1) is 8.27. The minimum Gasteiger partial charge on any atom is -0.494 e. The smallest absolute Gasteiger partial charge is 0.119 e. The van der Waals surface area contributed by atoms with Gasteiger partial charge in [-0.15, -0.1) is 0 Å². The molecule has 1 aromatic rings. The molecule has 4 N–H and O–H groups in total. The molecule has 0 aliphatic carbocycles. The van der Waals surface area contributed by atoms with Crippen molar-refractivity contribution in [2.24, 2.45) is 11.5 Å². The highest BCUT2D eigenvalue weighted by atomic mass is 16.5. The number of hydrogen-bond donors (Lipinski definition) is 2. The van der Waals surface area contributed by atoms with Crippen molar-refractivity contribution in [1.82, 2.24) is 0 Å². The van der Waals surface area contributed by atoms with E-state index in [2.05, 4.69) is 6.92 Å². The average molecular weight is 236 g/mol. The summed E-state index contributed by atoms with van der Waals surface area (Å²) in [5, 5.41) is 0. The van der Waals surface area contributed by atoms with Crippen molar-refractivity contribution in [3.63, 3.8) is 0 Å². The minimum atomic E-state index is -0.0754. The molecule has 0 bridgehead atoms. The van der Waals surface area contributed by atoms with Gasteiger partial charge < -0.3 is 16.2 Å². The van der Waals surface area contributed by atoms with Crippen LogP contribution in [0.1, 0.15) is 44.2 Å². The Balaban J connectivity index is 2.30. The molecule has 0 fully saturated rings. The Labute approximate surface area is 104 Å². The van der Waals surface area contributed by atoms with E-state index in [-0.39, 0.29) is 6.04 Å². The van der Waals surface area contributed by atoms with Crippen LogP contribution in [0.4, 0.5) is 0 Å². The molecule has 0 heterocycles. The van der Waals surface area contributed by atoms with Gasteiger partial charge in [-0.3, -0.25) is 0 Å². The van der Waals surface area contributed by atoms with Crippen LogP contribution >= 0.6 is 0 Å². The highest BCUT2D eigenvalue weighted by Gasteiger charge is 2.02. The summed E-state index contributed by atoms with van der Waals surface area (Å²) in [7, 11) is 0. The van der Waals surface area contributed by atoms with Crippen molar-refractivity contribution in [3.8, 4) is 5.75 Å². The Hall–Kier alpha value is -1.06. The van der Waals surface area contributed by atoms with E-state index < -0.39 is 0 Å². The van der Waals surface area contributed by atoms with Gasteiger partial charge in [0.15, 0.2) is 0 Å². The van der Waals surface area contributed by atoms with E-state index >= 15 is 0 Å². The summed E-state index contributed by atoms with van der Waals surface area (Å²) in [6.07, 6.45) is 4.91. The molecule has 1 rings (SSSR count). The van der Waals surface area contributed by atoms with Crippen molar-refractivity contribution >= 4 is 0 Å². The highest BCUT2D eigenvalue weighted by molar-refractivity contribution is 5.29. The van der Waals surface area contributed by atoms with Crippen molar-refractivity contribution in [2.75, 3.05) is 13.2 Å². The standard InChI is InChI=1S/C14H24N2O/c1-2-3-4-5-10-17-13-8-6-12(7-9-13)14(16)11-15/h6-9,14H,2-5,10-11,15-16H2,1H3. The Kier molecular flexibility index (Phi) is 6.67. The normalized spacial score (nSPS) is 12.4. The highest BCUT2D eigenvalue weighted by Crippen LogP contribution is 2.16. The third kappa shape index (κ3) is 5.20. The summed E-state index contributed by atoms with van der Waals surface area (Å²) in [4.78, 5) is 0. The van der Waals surface area contributed by atoms with E-state index in [1.165, 1.54) is 19.3 Å². The molecule has 0 amide bonds. The molecule has 96 valence electrons. The molecule has 1 atom stereocenters. The molecule has 0 aliphatic rings. The fraction of sp³-hybridized carbons (Fsp3) is 0.571. The molecular formula is C14H24N2O. The van der Waals surface area contributed by atoms with Gasteiger partial charge in [0, 0.05) is 12.6 Å². The van der Waals surface area contributed by atoms with Gasteiger partial charge in [-0.05, 0) is 24.1 Å². The van der Waals surface area contributed by atoms with Crippen LogP contribution < -0.4 is 16.2 Å². The molecule has 0 radical (unpaired) electrons. The van der Waals surface area contributed by atoms with Crippen LogP contribution in [0, 0.1) is 0 Å². The van der Waals surface area contributed by atoms with E-state index in [1.54, 1.807) is 0 Å². The van der Waals surface area contributed by atoms with Gasteiger partial charge in [0.05, 0.1) is 6.61 Å². The molecule has 1 aromatic carbocycles. The lowest BCUT2D eigenvalue weighted by Crippen LogP contribution is -2.20. The van der Waals surface area contributed by atoms with Gasteiger partial charge in [-0.25, -0.2) is 0 Å². The van der Waals surface area contributed by atoms with Gasteiger partial charge in [-0.2, -0.15) is 0 Å². The lowest BCUT2D eigenvalue weighted by Gasteiger charge is -2.10. The van der Waals surface area contributed by atoms with Gasteiger partial charge in [0.2, 0.25) is 0 Å². The van der Waals surface area contributed by atoms with Crippen molar-refractivity contribution in [3.05, 3.63) is 29.8 Å². The second-order valence-electron chi connectivity index (χ2n) is 4.32. The average Bonchev–Trinajstić information content (AvgIpc) is 2.38. The van der Waals surface area contributed by atoms with Crippen LogP contribution in [0.3, 0.4) is 0 Å². The number of ether oxygens (including phenoxy) is 1. The molecule has 1 unspecified atom stereocenters. The third-order valence-corrected chi connectivity index (χ3v) is 2.83. The molecular weight excluding hydrogens is 212 g/mol. The maximum Gasteiger partial charge on any atom is 0.119 e. The van der Waals surface area contributed by atoms with Crippen LogP contribution in [-0.4, -0.2) is 13.2 Å². The zero-order chi connectivity index (χ0) is 12.5. The first kappa shape index (κ1) is 14.0. The zero-order valence-electron chi connectivity index (χ0n) is 10.7. The molecule has 0 aromatic heterocycles. The molecule has 0 saturated heterocycles. The Morgan fingerprint density at radius 3 is 2.41 bits per heavy atom. The topological polar surface area (TPSA) is 61.3 Å². The van der Waals surface area contributed by atoms with E-state index in [0.717, 1.165) is 24.3 Å². The maximum atomic E-state index is 5.83. The van der Waals surface area contributed by atoms with Gasteiger partial charge >= 0.3 is 0 Å². The quantitative estimate of drug-likeness (QED) is 0.682. The fourth-order valence-electron chi connectivity index (χ4n) is 1.67. The molecule has 3 nitrogen and oxygen atoms in total. The van der Waals surface area contributed by atoms with Crippen LogP contribution in [0.25, 0.3) is 0 Å². The predicted octanol–water partition coefficient (Wildman–Crippen LogP) is 2.60. The number of unbranched alkanes of at least 4 members (excludes halogenated alkanes) is 3. The lowest BCUT2D eigenvalue weighted by molar-refractivity contribution is 0.305. The van der Waals surface area contributed by atoms with Crippen molar-refractivity contribution < 1.29 is 4.74 Å². The van der Waals surface area contributed by atoms with Crippen LogP contribution in [0.2, 0.25) is 0 Å². The third-order valence-electron chi connectivity index (χ3n) is 2.83. The summed E-state index contributed by atoms with van der Waals surface area (Å²) < 4.78 is 5.65. The summed E-state index contributed by atoms with van der Waals surface area (Å²) >= 11 is 0. The molecule has 0 saturated carbocycles. The van der Waals surface area contributed by atoms with E-state index in [0.29, 0.717) is 6.54 Å². The predicted molar refractivity (Wildman–Crippen MR) is 72.1 cm³/mol. The Morgan fingerprint density at radius 2 is 1.82 bits per heavy atom. The van der Waals surface area contributed by atoms with E-state index in [9.17, 15) is 0 Å². The Morgan fingerprint density at radius 1 is 1.12 bits per heavy atom. The first-order valence-corrected chi connectivity index (χ1v) is 6.46. The van der Waals surface area contributed by atoms with E-state index in [4.69, 9.17) is 16.2 Å². The zero-order valence-corrected chi connectivity index (χ0v) is 10.7. The van der Waals surface area contributed by atoms with Crippen molar-refractivity contribution in [2.45, 2.75) is 38.6 Å². The SMILES string of the molecule is CCCCCCOc1ccc(C(N)CN)cc1. The molecule has 3 heteroatoms. The summed E-state index contributed by atoms with van der Waals surface area (Å²) in [5.41, 5.74) is 12.4. The second-order valence-corrected chi connectivity index (χ2v) is 4.32. The Bertz CT molecular complexity index is 298. The van der Waals surface area contributed by atoms with Crippen LogP contribution in [0.5, 0.6) is 5.75 Å². The number of rotatable bonds is 8. The number of benzene rings is 1. The van der Waals surface area contributed by atoms with Gasteiger partial charge in [0.1, 0.15) is 5.75 Å². The van der Waals surface area contributed by atoms with E-state index in [1.807, 2.05) is 24.3 Å². The number of nitrogens with two attached hydrogens (primary N) is 2. The largest absolute Gasteiger partial charge is 0.494 e. The lowest BCUT2D eigenvalue weighted by atomic mass is 10.1. The van der Waals surface area contributed by atoms with Gasteiger partial charge in [-0.1, -0.05) is 38.3 Å². The summed E-state index contributed by atoms with van der Waals surface area (Å²) in [5.74, 6) is 0.912. The molecule has 0 spiro atoms. The molecule has 0 aliphatic heterocycles. The summed E-state index contributed by atoms with van der Waals surface area (Å²) in [6.45, 7) is 3.47. The maximum absolute atomic E-state index is 5.83.